The molecule has 1 aromatic rings. The van der Waals surface area contributed by atoms with Crippen molar-refractivity contribution in [3.8, 4) is 0 Å². The maximum atomic E-state index is 5.95. The van der Waals surface area contributed by atoms with Crippen LogP contribution in [0.15, 0.2) is 12.4 Å². The van der Waals surface area contributed by atoms with Gasteiger partial charge in [-0.1, -0.05) is 13.8 Å². The van der Waals surface area contributed by atoms with Gasteiger partial charge in [-0.3, -0.25) is 9.58 Å². The van der Waals surface area contributed by atoms with E-state index < -0.39 is 0 Å². The molecule has 1 aliphatic rings. The van der Waals surface area contributed by atoms with Crippen molar-refractivity contribution in [1.82, 2.24) is 14.7 Å². The van der Waals surface area contributed by atoms with Crippen molar-refractivity contribution < 1.29 is 0 Å². The lowest BCUT2D eigenvalue weighted by molar-refractivity contribution is 0.0806. The number of nitrogens with zero attached hydrogens (tertiary/aromatic N) is 3. The van der Waals surface area contributed by atoms with Gasteiger partial charge in [0.05, 0.1) is 12.2 Å². The number of nitrogens with two attached hydrogens (primary N) is 1. The van der Waals surface area contributed by atoms with Crippen LogP contribution in [-0.4, -0.2) is 34.3 Å². The minimum atomic E-state index is 0.322. The molecule has 0 amide bonds. The zero-order valence-electron chi connectivity index (χ0n) is 11.2. The van der Waals surface area contributed by atoms with E-state index in [2.05, 4.69) is 30.0 Å². The molecule has 4 heteroatoms. The summed E-state index contributed by atoms with van der Waals surface area (Å²) in [7, 11) is 1.96. The van der Waals surface area contributed by atoms with Crippen molar-refractivity contribution in [3.05, 3.63) is 18.0 Å². The highest BCUT2D eigenvalue weighted by Crippen LogP contribution is 2.33. The molecule has 2 rings (SSSR count). The number of likely N-dealkylation sites (tertiary alicyclic amines) is 1. The summed E-state index contributed by atoms with van der Waals surface area (Å²) in [6.07, 6.45) is 6.61. The minimum absolute atomic E-state index is 0.322. The summed E-state index contributed by atoms with van der Waals surface area (Å²) >= 11 is 0. The van der Waals surface area contributed by atoms with Gasteiger partial charge in [0.1, 0.15) is 0 Å². The summed E-state index contributed by atoms with van der Waals surface area (Å²) in [5.74, 6) is 0. The van der Waals surface area contributed by atoms with E-state index in [0.717, 1.165) is 13.1 Å². The zero-order chi connectivity index (χ0) is 12.5. The molecule has 2 N–H and O–H groups in total. The Bertz CT molecular complexity index is 369. The molecule has 96 valence electrons. The van der Waals surface area contributed by atoms with E-state index >= 15 is 0 Å². The van der Waals surface area contributed by atoms with Crippen molar-refractivity contribution >= 4 is 0 Å². The molecule has 1 atom stereocenters. The zero-order valence-corrected chi connectivity index (χ0v) is 11.2. The van der Waals surface area contributed by atoms with Crippen LogP contribution in [0.1, 0.15) is 38.3 Å². The smallest absolute Gasteiger partial charge is 0.0538 e. The third-order valence-corrected chi connectivity index (χ3v) is 3.70. The topological polar surface area (TPSA) is 47.1 Å². The fourth-order valence-electron chi connectivity index (χ4n) is 2.84. The van der Waals surface area contributed by atoms with Gasteiger partial charge < -0.3 is 5.73 Å². The summed E-state index contributed by atoms with van der Waals surface area (Å²) in [4.78, 5) is 2.51. The van der Waals surface area contributed by atoms with Crippen LogP contribution in [0.3, 0.4) is 0 Å². The predicted octanol–water partition coefficient (Wildman–Crippen LogP) is 1.54. The van der Waals surface area contributed by atoms with E-state index in [4.69, 9.17) is 5.73 Å². The quantitative estimate of drug-likeness (QED) is 0.866. The van der Waals surface area contributed by atoms with Gasteiger partial charge in [-0.25, -0.2) is 0 Å². The maximum absolute atomic E-state index is 5.95. The molecule has 17 heavy (non-hydrogen) atoms. The first-order valence-electron chi connectivity index (χ1n) is 6.44. The molecule has 2 heterocycles. The van der Waals surface area contributed by atoms with Gasteiger partial charge in [0.2, 0.25) is 0 Å². The molecule has 0 aliphatic carbocycles. The Morgan fingerprint density at radius 1 is 1.53 bits per heavy atom. The molecule has 1 aromatic heterocycles. The Morgan fingerprint density at radius 2 is 2.29 bits per heavy atom. The molecule has 1 saturated heterocycles. The third kappa shape index (κ3) is 2.87. The van der Waals surface area contributed by atoms with E-state index in [1.54, 1.807) is 0 Å². The Hall–Kier alpha value is -0.870. The number of aryl methyl sites for hydroxylation is 1. The van der Waals surface area contributed by atoms with Crippen molar-refractivity contribution in [2.24, 2.45) is 18.2 Å². The summed E-state index contributed by atoms with van der Waals surface area (Å²) in [5, 5.41) is 4.25. The molecule has 0 bridgehead atoms. The SMILES string of the molecule is Cn1cc(C(CN)N2CCCC(C)(C)C2)cn1. The Balaban J connectivity index is 2.13. The summed E-state index contributed by atoms with van der Waals surface area (Å²) in [5.41, 5.74) is 7.61. The van der Waals surface area contributed by atoms with Crippen molar-refractivity contribution in [3.63, 3.8) is 0 Å². The van der Waals surface area contributed by atoms with Crippen LogP contribution in [0.25, 0.3) is 0 Å². The molecule has 0 radical (unpaired) electrons. The Labute approximate surface area is 104 Å². The van der Waals surface area contributed by atoms with E-state index in [-0.39, 0.29) is 0 Å². The number of rotatable bonds is 3. The average molecular weight is 236 g/mol. The second-order valence-electron chi connectivity index (χ2n) is 5.94. The lowest BCUT2D eigenvalue weighted by Crippen LogP contribution is -2.44. The van der Waals surface area contributed by atoms with Gasteiger partial charge in [-0.05, 0) is 24.8 Å². The Kier molecular flexibility index (Phi) is 3.54. The summed E-state index contributed by atoms with van der Waals surface area (Å²) in [6.45, 7) is 7.64. The van der Waals surface area contributed by atoms with Crippen LogP contribution in [0.2, 0.25) is 0 Å². The van der Waals surface area contributed by atoms with Crippen molar-refractivity contribution in [1.29, 1.82) is 0 Å². The molecular weight excluding hydrogens is 212 g/mol. The van der Waals surface area contributed by atoms with Gasteiger partial charge in [0, 0.05) is 31.9 Å². The molecule has 1 unspecified atom stereocenters. The molecule has 0 saturated carbocycles. The van der Waals surface area contributed by atoms with Crippen LogP contribution in [0.5, 0.6) is 0 Å². The van der Waals surface area contributed by atoms with Gasteiger partial charge in [-0.2, -0.15) is 5.10 Å². The molecule has 1 aliphatic heterocycles. The van der Waals surface area contributed by atoms with Crippen LogP contribution in [-0.2, 0) is 7.05 Å². The van der Waals surface area contributed by atoms with Gasteiger partial charge in [0.25, 0.3) is 0 Å². The second kappa shape index (κ2) is 4.78. The second-order valence-corrected chi connectivity index (χ2v) is 5.94. The number of aromatic nitrogens is 2. The standard InChI is InChI=1S/C13H24N4/c1-13(2)5-4-6-17(10-13)12(7-14)11-8-15-16(3)9-11/h8-9,12H,4-7,10,14H2,1-3H3. The maximum Gasteiger partial charge on any atom is 0.0538 e. The number of hydrogen-bond donors (Lipinski definition) is 1. The van der Waals surface area contributed by atoms with Gasteiger partial charge in [-0.15, -0.1) is 0 Å². The highest BCUT2D eigenvalue weighted by atomic mass is 15.3. The summed E-state index contributed by atoms with van der Waals surface area (Å²) in [6, 6.07) is 0.322. The summed E-state index contributed by atoms with van der Waals surface area (Å²) < 4.78 is 1.85. The normalized spacial score (nSPS) is 22.6. The van der Waals surface area contributed by atoms with Crippen molar-refractivity contribution in [2.45, 2.75) is 32.7 Å². The van der Waals surface area contributed by atoms with Crippen LogP contribution in [0, 0.1) is 5.41 Å². The van der Waals surface area contributed by atoms with Crippen LogP contribution in [0.4, 0.5) is 0 Å². The monoisotopic (exact) mass is 236 g/mol. The number of piperidine rings is 1. The average Bonchev–Trinajstić information content (AvgIpc) is 2.64. The first-order chi connectivity index (χ1) is 8.02. The molecular formula is C13H24N4. The highest BCUT2D eigenvalue weighted by molar-refractivity contribution is 5.11. The van der Waals surface area contributed by atoms with E-state index in [9.17, 15) is 0 Å². The highest BCUT2D eigenvalue weighted by Gasteiger charge is 2.30. The van der Waals surface area contributed by atoms with Crippen molar-refractivity contribution in [2.75, 3.05) is 19.6 Å². The Morgan fingerprint density at radius 3 is 2.82 bits per heavy atom. The van der Waals surface area contributed by atoms with Crippen LogP contribution >= 0.6 is 0 Å². The number of hydrogen-bond acceptors (Lipinski definition) is 3. The third-order valence-electron chi connectivity index (χ3n) is 3.70. The minimum Gasteiger partial charge on any atom is -0.329 e. The van der Waals surface area contributed by atoms with Gasteiger partial charge >= 0.3 is 0 Å². The molecule has 4 nitrogen and oxygen atoms in total. The predicted molar refractivity (Wildman–Crippen MR) is 69.6 cm³/mol. The van der Waals surface area contributed by atoms with E-state index in [1.807, 2.05) is 17.9 Å². The fraction of sp³-hybridized carbons (Fsp3) is 0.769. The first-order valence-corrected chi connectivity index (χ1v) is 6.44. The largest absolute Gasteiger partial charge is 0.329 e. The first kappa shape index (κ1) is 12.6. The van der Waals surface area contributed by atoms with E-state index in [0.29, 0.717) is 18.0 Å². The molecule has 0 aromatic carbocycles. The van der Waals surface area contributed by atoms with E-state index in [1.165, 1.54) is 18.4 Å². The molecule has 1 fully saturated rings. The van der Waals surface area contributed by atoms with Gasteiger partial charge in [0.15, 0.2) is 0 Å². The lowest BCUT2D eigenvalue weighted by Gasteiger charge is -2.41. The lowest BCUT2D eigenvalue weighted by atomic mass is 9.83. The molecule has 0 spiro atoms. The van der Waals surface area contributed by atoms with Crippen LogP contribution < -0.4 is 5.73 Å². The fourth-order valence-corrected chi connectivity index (χ4v) is 2.84.